The molecular weight excluding hydrogens is 254 g/mol. The first-order valence-corrected chi connectivity index (χ1v) is 6.66. The number of carboxylic acid groups (broad SMARTS) is 1. The molecule has 18 heavy (non-hydrogen) atoms. The number of hydrogen-bond donors (Lipinski definition) is 1. The van der Waals surface area contributed by atoms with Gasteiger partial charge in [-0.2, -0.15) is 0 Å². The normalized spacial score (nSPS) is 16.8. The van der Waals surface area contributed by atoms with Gasteiger partial charge in [-0.1, -0.05) is 0 Å². The summed E-state index contributed by atoms with van der Waals surface area (Å²) in [5, 5.41) is 8.61. The second-order valence-electron chi connectivity index (χ2n) is 4.14. The maximum Gasteiger partial charge on any atom is 0.304 e. The van der Waals surface area contributed by atoms with Gasteiger partial charge in [-0.25, -0.2) is 0 Å². The zero-order chi connectivity index (χ0) is 13.0. The lowest BCUT2D eigenvalue weighted by atomic mass is 10.2. The average molecular weight is 269 g/mol. The van der Waals surface area contributed by atoms with Gasteiger partial charge in [0.25, 0.3) is 5.91 Å². The largest absolute Gasteiger partial charge is 0.481 e. The Bertz CT molecular complexity index is 413. The number of carbonyl (C=O) groups excluding carboxylic acids is 1. The van der Waals surface area contributed by atoms with Crippen LogP contribution in [0.15, 0.2) is 11.7 Å². The van der Waals surface area contributed by atoms with Crippen LogP contribution in [-0.4, -0.2) is 64.5 Å². The summed E-state index contributed by atoms with van der Waals surface area (Å²) in [6.45, 7) is 3.32. The Kier molecular flexibility index (Phi) is 4.27. The van der Waals surface area contributed by atoms with Crippen LogP contribution in [0.1, 0.15) is 16.1 Å². The standard InChI is InChI=1S/C11H15N3O3S/c15-10(16)1-2-13-3-5-14(6-4-13)11(17)9-7-12-8-18-9/h7-8H,1-6H2,(H,15,16). The summed E-state index contributed by atoms with van der Waals surface area (Å²) in [5.74, 6) is -0.756. The van der Waals surface area contributed by atoms with Crippen LogP contribution < -0.4 is 0 Å². The van der Waals surface area contributed by atoms with Crippen LogP contribution in [0, 0.1) is 0 Å². The molecule has 1 aromatic rings. The van der Waals surface area contributed by atoms with Crippen molar-refractivity contribution in [1.82, 2.24) is 14.8 Å². The number of carbonyl (C=O) groups is 2. The van der Waals surface area contributed by atoms with Crippen LogP contribution in [0.4, 0.5) is 0 Å². The monoisotopic (exact) mass is 269 g/mol. The molecule has 1 N–H and O–H groups in total. The smallest absolute Gasteiger partial charge is 0.304 e. The van der Waals surface area contributed by atoms with E-state index in [9.17, 15) is 9.59 Å². The van der Waals surface area contributed by atoms with E-state index in [-0.39, 0.29) is 12.3 Å². The van der Waals surface area contributed by atoms with E-state index in [2.05, 4.69) is 9.88 Å². The van der Waals surface area contributed by atoms with E-state index in [1.165, 1.54) is 11.3 Å². The molecule has 1 aromatic heterocycles. The molecule has 2 rings (SSSR count). The molecule has 7 heteroatoms. The van der Waals surface area contributed by atoms with E-state index in [0.29, 0.717) is 24.5 Å². The van der Waals surface area contributed by atoms with E-state index in [1.807, 2.05) is 0 Å². The highest BCUT2D eigenvalue weighted by molar-refractivity contribution is 7.11. The third-order valence-electron chi connectivity index (χ3n) is 2.94. The predicted octanol–water partition coefficient (Wildman–Crippen LogP) is 0.376. The number of rotatable bonds is 4. The molecule has 0 atom stereocenters. The zero-order valence-corrected chi connectivity index (χ0v) is 10.7. The minimum absolute atomic E-state index is 0.0235. The third-order valence-corrected chi connectivity index (χ3v) is 3.71. The SMILES string of the molecule is O=C(O)CCN1CCN(C(=O)c2cncs2)CC1. The molecule has 0 bridgehead atoms. The number of amides is 1. The number of nitrogens with zero attached hydrogens (tertiary/aromatic N) is 3. The molecule has 0 aromatic carbocycles. The molecule has 1 saturated heterocycles. The Morgan fingerprint density at radius 2 is 2.06 bits per heavy atom. The van der Waals surface area contributed by atoms with E-state index >= 15 is 0 Å². The first-order valence-electron chi connectivity index (χ1n) is 5.79. The number of carboxylic acids is 1. The first kappa shape index (κ1) is 13.0. The minimum Gasteiger partial charge on any atom is -0.481 e. The molecule has 1 aliphatic heterocycles. The van der Waals surface area contributed by atoms with Crippen molar-refractivity contribution in [2.45, 2.75) is 6.42 Å². The van der Waals surface area contributed by atoms with Crippen molar-refractivity contribution in [2.24, 2.45) is 0 Å². The average Bonchev–Trinajstić information content (AvgIpc) is 2.90. The topological polar surface area (TPSA) is 73.7 Å². The molecule has 0 saturated carbocycles. The van der Waals surface area contributed by atoms with Crippen molar-refractivity contribution in [1.29, 1.82) is 0 Å². The molecule has 0 aliphatic carbocycles. The van der Waals surface area contributed by atoms with Crippen molar-refractivity contribution in [3.63, 3.8) is 0 Å². The molecule has 1 fully saturated rings. The summed E-state index contributed by atoms with van der Waals surface area (Å²) < 4.78 is 0. The fourth-order valence-electron chi connectivity index (χ4n) is 1.91. The predicted molar refractivity (Wildman–Crippen MR) is 66.7 cm³/mol. The van der Waals surface area contributed by atoms with Crippen molar-refractivity contribution < 1.29 is 14.7 Å². The highest BCUT2D eigenvalue weighted by Gasteiger charge is 2.22. The fourth-order valence-corrected chi connectivity index (χ4v) is 2.49. The van der Waals surface area contributed by atoms with E-state index < -0.39 is 5.97 Å². The van der Waals surface area contributed by atoms with Gasteiger partial charge in [0.15, 0.2) is 0 Å². The molecule has 1 aliphatic rings. The van der Waals surface area contributed by atoms with Gasteiger partial charge in [-0.3, -0.25) is 19.5 Å². The van der Waals surface area contributed by atoms with Gasteiger partial charge in [0.2, 0.25) is 0 Å². The fraction of sp³-hybridized carbons (Fsp3) is 0.545. The summed E-state index contributed by atoms with van der Waals surface area (Å²) in [7, 11) is 0. The van der Waals surface area contributed by atoms with Gasteiger partial charge in [0.1, 0.15) is 4.88 Å². The number of thiazole rings is 1. The molecule has 0 spiro atoms. The molecule has 2 heterocycles. The van der Waals surface area contributed by atoms with Crippen LogP contribution in [0.2, 0.25) is 0 Å². The van der Waals surface area contributed by atoms with Gasteiger partial charge >= 0.3 is 5.97 Å². The summed E-state index contributed by atoms with van der Waals surface area (Å²) in [5.41, 5.74) is 1.65. The second kappa shape index (κ2) is 5.92. The first-order chi connectivity index (χ1) is 8.66. The highest BCUT2D eigenvalue weighted by Crippen LogP contribution is 2.12. The molecule has 98 valence electrons. The number of aromatic nitrogens is 1. The summed E-state index contributed by atoms with van der Waals surface area (Å²) >= 11 is 1.35. The third kappa shape index (κ3) is 3.27. The Morgan fingerprint density at radius 1 is 1.33 bits per heavy atom. The van der Waals surface area contributed by atoms with E-state index in [0.717, 1.165) is 13.1 Å². The highest BCUT2D eigenvalue weighted by atomic mass is 32.1. The minimum atomic E-state index is -0.779. The van der Waals surface area contributed by atoms with E-state index in [1.54, 1.807) is 16.6 Å². The maximum atomic E-state index is 12.0. The molecule has 0 radical (unpaired) electrons. The van der Waals surface area contributed by atoms with Crippen LogP contribution in [0.3, 0.4) is 0 Å². The molecule has 6 nitrogen and oxygen atoms in total. The number of aliphatic carboxylic acids is 1. The van der Waals surface area contributed by atoms with Gasteiger partial charge in [0.05, 0.1) is 18.1 Å². The Hall–Kier alpha value is -1.47. The van der Waals surface area contributed by atoms with Gasteiger partial charge in [0, 0.05) is 32.7 Å². The number of piperazine rings is 1. The lowest BCUT2D eigenvalue weighted by Crippen LogP contribution is -2.48. The molecule has 0 unspecified atom stereocenters. The quantitative estimate of drug-likeness (QED) is 0.855. The summed E-state index contributed by atoms with van der Waals surface area (Å²) in [6.07, 6.45) is 1.74. The van der Waals surface area contributed by atoms with Gasteiger partial charge < -0.3 is 10.0 Å². The lowest BCUT2D eigenvalue weighted by Gasteiger charge is -2.34. The summed E-state index contributed by atoms with van der Waals surface area (Å²) in [4.78, 5) is 30.9. The zero-order valence-electron chi connectivity index (χ0n) is 9.91. The Morgan fingerprint density at radius 3 is 2.61 bits per heavy atom. The van der Waals surface area contributed by atoms with Crippen molar-refractivity contribution in [2.75, 3.05) is 32.7 Å². The van der Waals surface area contributed by atoms with E-state index in [4.69, 9.17) is 5.11 Å². The van der Waals surface area contributed by atoms with Crippen molar-refractivity contribution in [3.05, 3.63) is 16.6 Å². The van der Waals surface area contributed by atoms with Gasteiger partial charge in [-0.05, 0) is 0 Å². The maximum absolute atomic E-state index is 12.0. The Labute approximate surface area is 109 Å². The van der Waals surface area contributed by atoms with Crippen LogP contribution >= 0.6 is 11.3 Å². The van der Waals surface area contributed by atoms with Crippen molar-refractivity contribution >= 4 is 23.2 Å². The lowest BCUT2D eigenvalue weighted by molar-refractivity contribution is -0.137. The van der Waals surface area contributed by atoms with Crippen LogP contribution in [0.25, 0.3) is 0 Å². The number of hydrogen-bond acceptors (Lipinski definition) is 5. The second-order valence-corrected chi connectivity index (χ2v) is 5.03. The van der Waals surface area contributed by atoms with Gasteiger partial charge in [-0.15, -0.1) is 11.3 Å². The molecular formula is C11H15N3O3S. The van der Waals surface area contributed by atoms with Crippen molar-refractivity contribution in [3.8, 4) is 0 Å². The van der Waals surface area contributed by atoms with Crippen LogP contribution in [-0.2, 0) is 4.79 Å². The molecule has 1 amide bonds. The summed E-state index contributed by atoms with van der Waals surface area (Å²) in [6, 6.07) is 0. The Balaban J connectivity index is 1.80. The van der Waals surface area contributed by atoms with Crippen LogP contribution in [0.5, 0.6) is 0 Å².